The highest BCUT2D eigenvalue weighted by Gasteiger charge is 2.16. The summed E-state index contributed by atoms with van der Waals surface area (Å²) < 4.78 is 12.7. The van der Waals surface area contributed by atoms with Crippen LogP contribution in [0.1, 0.15) is 21.6 Å². The quantitative estimate of drug-likeness (QED) is 0.660. The van der Waals surface area contributed by atoms with Crippen molar-refractivity contribution in [3.05, 3.63) is 59.4 Å². The minimum absolute atomic E-state index is 0.192. The molecule has 0 fully saturated rings. The Balaban J connectivity index is 1.79. The maximum absolute atomic E-state index is 12.5. The third kappa shape index (κ3) is 3.51. The molecule has 0 saturated heterocycles. The number of hydrogen-bond acceptors (Lipinski definition) is 5. The second kappa shape index (κ2) is 7.40. The van der Waals surface area contributed by atoms with E-state index in [0.29, 0.717) is 30.0 Å². The first-order chi connectivity index (χ1) is 12.2. The Morgan fingerprint density at radius 3 is 2.92 bits per heavy atom. The van der Waals surface area contributed by atoms with Gasteiger partial charge in [-0.2, -0.15) is 0 Å². The van der Waals surface area contributed by atoms with Crippen LogP contribution in [-0.4, -0.2) is 29.5 Å². The molecule has 0 spiro atoms. The third-order valence-electron chi connectivity index (χ3n) is 3.76. The summed E-state index contributed by atoms with van der Waals surface area (Å²) in [5.41, 5.74) is 2.17. The first-order valence-electron chi connectivity index (χ1n) is 7.71. The number of fused-ring (bicyclic) bond motifs is 1. The van der Waals surface area contributed by atoms with E-state index in [2.05, 4.69) is 16.9 Å². The normalized spacial score (nSPS) is 10.6. The molecule has 7 heteroatoms. The zero-order valence-electron chi connectivity index (χ0n) is 14.1. The minimum Gasteiger partial charge on any atom is -0.493 e. The van der Waals surface area contributed by atoms with Crippen molar-refractivity contribution >= 4 is 22.2 Å². The molecule has 0 bridgehead atoms. The average molecular weight is 357 g/mol. The highest BCUT2D eigenvalue weighted by Crippen LogP contribution is 2.33. The van der Waals surface area contributed by atoms with Crippen molar-refractivity contribution in [2.75, 3.05) is 14.2 Å². The largest absolute Gasteiger partial charge is 0.493 e. The summed E-state index contributed by atoms with van der Waals surface area (Å²) >= 11 is 1.55. The zero-order chi connectivity index (χ0) is 17.8. The van der Waals surface area contributed by atoms with Crippen LogP contribution < -0.4 is 14.8 Å². The molecule has 1 amide bonds. The summed E-state index contributed by atoms with van der Waals surface area (Å²) in [6, 6.07) is 3.47. The van der Waals surface area contributed by atoms with Crippen LogP contribution in [0, 0.1) is 0 Å². The maximum atomic E-state index is 12.5. The summed E-state index contributed by atoms with van der Waals surface area (Å²) in [4.78, 5) is 17.9. The van der Waals surface area contributed by atoms with Crippen LogP contribution in [0.5, 0.6) is 11.5 Å². The number of methoxy groups -OCH3 is 2. The molecule has 3 rings (SSSR count). The number of allylic oxidation sites excluding steroid dienone is 1. The fourth-order valence-electron chi connectivity index (χ4n) is 2.62. The molecule has 0 saturated carbocycles. The Hall–Kier alpha value is -2.80. The molecular formula is C18H19N3O3S. The van der Waals surface area contributed by atoms with Crippen LogP contribution in [-0.2, 0) is 13.0 Å². The number of carbonyl (C=O) groups is 1. The number of hydrogen-bond donors (Lipinski definition) is 1. The molecule has 1 N–H and O–H groups in total. The number of nitrogens with zero attached hydrogens (tertiary/aromatic N) is 2. The van der Waals surface area contributed by atoms with E-state index in [4.69, 9.17) is 9.47 Å². The van der Waals surface area contributed by atoms with E-state index in [0.717, 1.165) is 16.2 Å². The van der Waals surface area contributed by atoms with E-state index in [1.54, 1.807) is 43.8 Å². The van der Waals surface area contributed by atoms with Crippen LogP contribution in [0.2, 0.25) is 0 Å². The van der Waals surface area contributed by atoms with Gasteiger partial charge in [-0.25, -0.2) is 4.98 Å². The highest BCUT2D eigenvalue weighted by atomic mass is 32.1. The Morgan fingerprint density at radius 1 is 1.40 bits per heavy atom. The van der Waals surface area contributed by atoms with Gasteiger partial charge in [0.05, 0.1) is 26.5 Å². The highest BCUT2D eigenvalue weighted by molar-refractivity contribution is 7.15. The number of amides is 1. The number of carbonyl (C=O) groups excluding carboxylic acids is 1. The number of aromatic nitrogens is 2. The monoisotopic (exact) mass is 357 g/mol. The summed E-state index contributed by atoms with van der Waals surface area (Å²) in [6.45, 7) is 4.11. The molecule has 0 aliphatic rings. The van der Waals surface area contributed by atoms with Crippen LogP contribution in [0.3, 0.4) is 0 Å². The van der Waals surface area contributed by atoms with Gasteiger partial charge in [-0.3, -0.25) is 9.20 Å². The maximum Gasteiger partial charge on any atom is 0.251 e. The molecule has 3 aromatic rings. The Kier molecular flexibility index (Phi) is 5.04. The van der Waals surface area contributed by atoms with E-state index >= 15 is 0 Å². The number of nitrogens with one attached hydrogen (secondary N) is 1. The van der Waals surface area contributed by atoms with Crippen LogP contribution in [0.4, 0.5) is 0 Å². The van der Waals surface area contributed by atoms with Crippen molar-refractivity contribution < 1.29 is 14.3 Å². The van der Waals surface area contributed by atoms with Gasteiger partial charge < -0.3 is 14.8 Å². The van der Waals surface area contributed by atoms with Crippen molar-refractivity contribution in [3.8, 4) is 11.5 Å². The predicted octanol–water partition coefficient (Wildman–Crippen LogP) is 3.07. The van der Waals surface area contributed by atoms with Gasteiger partial charge in [0.15, 0.2) is 16.5 Å². The topological polar surface area (TPSA) is 64.9 Å². The average Bonchev–Trinajstić information content (AvgIpc) is 3.20. The van der Waals surface area contributed by atoms with Gasteiger partial charge in [0.1, 0.15) is 0 Å². The van der Waals surface area contributed by atoms with Gasteiger partial charge in [0, 0.05) is 28.9 Å². The second-order valence-electron chi connectivity index (χ2n) is 5.37. The fourth-order valence-corrected chi connectivity index (χ4v) is 3.33. The molecule has 0 atom stereocenters. The standard InChI is InChI=1S/C18H19N3O3S/c1-4-5-12-8-13(9-15(23-2)16(12)24-3)17(22)19-10-14-11-21-6-7-25-18(21)20-14/h4,6-9,11H,1,5,10H2,2-3H3,(H,19,22). The second-order valence-corrected chi connectivity index (χ2v) is 6.24. The lowest BCUT2D eigenvalue weighted by atomic mass is 10.0. The van der Waals surface area contributed by atoms with E-state index < -0.39 is 0 Å². The van der Waals surface area contributed by atoms with Crippen molar-refractivity contribution in [2.24, 2.45) is 0 Å². The number of imidazole rings is 1. The van der Waals surface area contributed by atoms with Gasteiger partial charge in [0.25, 0.3) is 5.91 Å². The minimum atomic E-state index is -0.192. The lowest BCUT2D eigenvalue weighted by molar-refractivity contribution is 0.0950. The molecular weight excluding hydrogens is 338 g/mol. The van der Waals surface area contributed by atoms with Crippen LogP contribution in [0.15, 0.2) is 42.6 Å². The summed E-state index contributed by atoms with van der Waals surface area (Å²) in [7, 11) is 3.13. The van der Waals surface area contributed by atoms with Gasteiger partial charge in [-0.15, -0.1) is 17.9 Å². The number of ether oxygens (including phenoxy) is 2. The molecule has 25 heavy (non-hydrogen) atoms. The Labute approximate surface area is 149 Å². The fraction of sp³-hybridized carbons (Fsp3) is 0.222. The van der Waals surface area contributed by atoms with Gasteiger partial charge in [0.2, 0.25) is 0 Å². The molecule has 0 unspecified atom stereocenters. The van der Waals surface area contributed by atoms with Crippen molar-refractivity contribution in [3.63, 3.8) is 0 Å². The van der Waals surface area contributed by atoms with Gasteiger partial charge in [-0.1, -0.05) is 6.08 Å². The van der Waals surface area contributed by atoms with E-state index in [1.165, 1.54) is 0 Å². The molecule has 0 aliphatic heterocycles. The first-order valence-corrected chi connectivity index (χ1v) is 8.59. The molecule has 0 aliphatic carbocycles. The third-order valence-corrected chi connectivity index (χ3v) is 4.53. The van der Waals surface area contributed by atoms with Crippen LogP contribution >= 0.6 is 11.3 Å². The number of rotatable bonds is 7. The number of benzene rings is 1. The van der Waals surface area contributed by atoms with Crippen LogP contribution in [0.25, 0.3) is 4.96 Å². The molecule has 0 radical (unpaired) electrons. The summed E-state index contributed by atoms with van der Waals surface area (Å²) in [5, 5.41) is 4.86. The molecule has 1 aromatic carbocycles. The van der Waals surface area contributed by atoms with Crippen molar-refractivity contribution in [1.29, 1.82) is 0 Å². The Morgan fingerprint density at radius 2 is 2.24 bits per heavy atom. The molecule has 2 heterocycles. The lowest BCUT2D eigenvalue weighted by Crippen LogP contribution is -2.23. The van der Waals surface area contributed by atoms with Gasteiger partial charge in [-0.05, 0) is 18.6 Å². The molecule has 6 nitrogen and oxygen atoms in total. The first kappa shape index (κ1) is 17.0. The SMILES string of the molecule is C=CCc1cc(C(=O)NCc2cn3ccsc3n2)cc(OC)c1OC. The van der Waals surface area contributed by atoms with E-state index in [1.807, 2.05) is 22.2 Å². The number of thiazole rings is 1. The van der Waals surface area contributed by atoms with Crippen molar-refractivity contribution in [1.82, 2.24) is 14.7 Å². The summed E-state index contributed by atoms with van der Waals surface area (Å²) in [6.07, 6.45) is 6.19. The zero-order valence-corrected chi connectivity index (χ0v) is 14.9. The summed E-state index contributed by atoms with van der Waals surface area (Å²) in [5.74, 6) is 0.949. The Bertz CT molecular complexity index is 885. The molecule has 130 valence electrons. The lowest BCUT2D eigenvalue weighted by Gasteiger charge is -2.14. The molecule has 2 aromatic heterocycles. The van der Waals surface area contributed by atoms with Gasteiger partial charge >= 0.3 is 0 Å². The predicted molar refractivity (Wildman–Crippen MR) is 97.7 cm³/mol. The van der Waals surface area contributed by atoms with E-state index in [-0.39, 0.29) is 5.91 Å². The smallest absolute Gasteiger partial charge is 0.251 e. The van der Waals surface area contributed by atoms with E-state index in [9.17, 15) is 4.79 Å². The van der Waals surface area contributed by atoms with Crippen molar-refractivity contribution in [2.45, 2.75) is 13.0 Å².